The van der Waals surface area contributed by atoms with Crippen molar-refractivity contribution < 1.29 is 9.59 Å². The molecule has 0 saturated heterocycles. The van der Waals surface area contributed by atoms with Gasteiger partial charge in [0.25, 0.3) is 0 Å². The van der Waals surface area contributed by atoms with E-state index in [4.69, 9.17) is 0 Å². The Morgan fingerprint density at radius 3 is 2.09 bits per heavy atom. The van der Waals surface area contributed by atoms with Gasteiger partial charge in [0.1, 0.15) is 0 Å². The van der Waals surface area contributed by atoms with Crippen molar-refractivity contribution in [2.75, 3.05) is 13.1 Å². The summed E-state index contributed by atoms with van der Waals surface area (Å²) in [6.45, 7) is 5.81. The quantitative estimate of drug-likeness (QED) is 0.452. The summed E-state index contributed by atoms with van der Waals surface area (Å²) in [5.74, 6) is 0.0351. The van der Waals surface area contributed by atoms with E-state index in [1.807, 2.05) is 23.1 Å². The van der Waals surface area contributed by atoms with Gasteiger partial charge in [0.15, 0.2) is 5.78 Å². The fraction of sp³-hybridized carbons (Fsp3) is 0.556. The zero-order chi connectivity index (χ0) is 16.4. The molecule has 3 nitrogen and oxygen atoms in total. The molecule has 1 aromatic carbocycles. The summed E-state index contributed by atoms with van der Waals surface area (Å²) in [6.07, 6.45) is 4.37. The molecule has 0 spiro atoms. The number of hydrogen-bond donors (Lipinski definition) is 0. The molecule has 0 aromatic heterocycles. The first-order valence-corrected chi connectivity index (χ1v) is 9.02. The summed E-state index contributed by atoms with van der Waals surface area (Å²) in [4.78, 5) is 26.2. The van der Waals surface area contributed by atoms with Crippen molar-refractivity contribution in [1.82, 2.24) is 4.90 Å². The highest BCUT2D eigenvalue weighted by Crippen LogP contribution is 2.15. The number of ketones is 1. The second-order valence-electron chi connectivity index (χ2n) is 5.49. The van der Waals surface area contributed by atoms with E-state index in [9.17, 15) is 9.59 Å². The number of benzene rings is 1. The third kappa shape index (κ3) is 6.30. The minimum absolute atomic E-state index is 0.0279. The molecule has 0 N–H and O–H groups in total. The summed E-state index contributed by atoms with van der Waals surface area (Å²) in [5.41, 5.74) is 0.644. The van der Waals surface area contributed by atoms with Crippen LogP contribution in [0.2, 0.25) is 0 Å². The lowest BCUT2D eigenvalue weighted by Crippen LogP contribution is -2.35. The molecule has 1 amide bonds. The summed E-state index contributed by atoms with van der Waals surface area (Å²) < 4.78 is 0. The fourth-order valence-electron chi connectivity index (χ4n) is 2.22. The molecule has 0 aliphatic carbocycles. The van der Waals surface area contributed by atoms with Crippen molar-refractivity contribution in [3.63, 3.8) is 0 Å². The molecule has 4 heteroatoms. The summed E-state index contributed by atoms with van der Waals surface area (Å²) in [5, 5.41) is 0. The van der Waals surface area contributed by atoms with Crippen molar-refractivity contribution in [2.45, 2.75) is 50.8 Å². The number of carbonyl (C=O) groups is 2. The number of alkyl halides is 1. The molecule has 0 fully saturated rings. The molecule has 22 heavy (non-hydrogen) atoms. The topological polar surface area (TPSA) is 37.4 Å². The van der Waals surface area contributed by atoms with E-state index in [0.717, 1.165) is 38.8 Å². The maximum atomic E-state index is 12.4. The van der Waals surface area contributed by atoms with Crippen LogP contribution in [-0.2, 0) is 4.79 Å². The monoisotopic (exact) mass is 367 g/mol. The third-order valence-electron chi connectivity index (χ3n) is 3.61. The fourth-order valence-corrected chi connectivity index (χ4v) is 2.76. The average molecular weight is 368 g/mol. The standard InChI is InChI=1S/C18H26BrNO2/c1-3-5-12-20(13-6-4-2)17(21)14-16(19)18(22)15-10-8-7-9-11-15/h7-11,16H,3-6,12-14H2,1-2H3/t16-/m1/s1. The average Bonchev–Trinajstić information content (AvgIpc) is 2.54. The molecule has 0 radical (unpaired) electrons. The number of Topliss-reactive ketones (excluding diaryl/α,β-unsaturated/α-hetero) is 1. The predicted molar refractivity (Wildman–Crippen MR) is 94.5 cm³/mol. The van der Waals surface area contributed by atoms with Gasteiger partial charge in [0.2, 0.25) is 5.91 Å². The highest BCUT2D eigenvalue weighted by atomic mass is 79.9. The van der Waals surface area contributed by atoms with Crippen LogP contribution < -0.4 is 0 Å². The number of halogens is 1. The molecule has 0 aliphatic rings. The Morgan fingerprint density at radius 2 is 1.59 bits per heavy atom. The Balaban J connectivity index is 2.60. The van der Waals surface area contributed by atoms with Crippen LogP contribution in [-0.4, -0.2) is 34.5 Å². The van der Waals surface area contributed by atoms with Crippen molar-refractivity contribution in [1.29, 1.82) is 0 Å². The number of amides is 1. The van der Waals surface area contributed by atoms with E-state index in [2.05, 4.69) is 29.8 Å². The summed E-state index contributed by atoms with van der Waals surface area (Å²) in [6, 6.07) is 9.12. The largest absolute Gasteiger partial charge is 0.343 e. The van der Waals surface area contributed by atoms with E-state index in [-0.39, 0.29) is 18.1 Å². The van der Waals surface area contributed by atoms with E-state index in [1.54, 1.807) is 12.1 Å². The van der Waals surface area contributed by atoms with E-state index < -0.39 is 4.83 Å². The molecule has 1 rings (SSSR count). The van der Waals surface area contributed by atoms with Gasteiger partial charge in [-0.15, -0.1) is 0 Å². The first-order chi connectivity index (χ1) is 10.6. The predicted octanol–water partition coefficient (Wildman–Crippen LogP) is 4.45. The zero-order valence-electron chi connectivity index (χ0n) is 13.6. The molecule has 122 valence electrons. The van der Waals surface area contributed by atoms with Gasteiger partial charge in [0.05, 0.1) is 4.83 Å². The Kier molecular flexibility index (Phi) is 9.05. The van der Waals surface area contributed by atoms with Crippen LogP contribution in [0, 0.1) is 0 Å². The minimum atomic E-state index is -0.451. The Labute approximate surface area is 142 Å². The molecular weight excluding hydrogens is 342 g/mol. The van der Waals surface area contributed by atoms with Gasteiger partial charge in [-0.3, -0.25) is 9.59 Å². The van der Waals surface area contributed by atoms with Crippen LogP contribution in [0.5, 0.6) is 0 Å². The SMILES string of the molecule is CCCCN(CCCC)C(=O)C[C@@H](Br)C(=O)c1ccccc1. The van der Waals surface area contributed by atoms with Gasteiger partial charge < -0.3 is 4.90 Å². The zero-order valence-corrected chi connectivity index (χ0v) is 15.1. The Bertz CT molecular complexity index is 453. The van der Waals surface area contributed by atoms with Crippen molar-refractivity contribution in [3.8, 4) is 0 Å². The first-order valence-electron chi connectivity index (χ1n) is 8.11. The number of hydrogen-bond acceptors (Lipinski definition) is 2. The number of rotatable bonds is 10. The number of carbonyl (C=O) groups excluding carboxylic acids is 2. The number of unbranched alkanes of at least 4 members (excludes halogenated alkanes) is 2. The van der Waals surface area contributed by atoms with Crippen molar-refractivity contribution in [2.24, 2.45) is 0 Å². The Morgan fingerprint density at radius 1 is 1.05 bits per heavy atom. The van der Waals surface area contributed by atoms with Gasteiger partial charge in [-0.25, -0.2) is 0 Å². The van der Waals surface area contributed by atoms with Crippen LogP contribution in [0.4, 0.5) is 0 Å². The first kappa shape index (κ1) is 18.9. The van der Waals surface area contributed by atoms with Crippen molar-refractivity contribution >= 4 is 27.6 Å². The summed E-state index contributed by atoms with van der Waals surface area (Å²) in [7, 11) is 0. The van der Waals surface area contributed by atoms with Crippen molar-refractivity contribution in [3.05, 3.63) is 35.9 Å². The molecular formula is C18H26BrNO2. The molecule has 1 atom stereocenters. The van der Waals surface area contributed by atoms with Gasteiger partial charge in [0, 0.05) is 25.1 Å². The van der Waals surface area contributed by atoms with Gasteiger partial charge >= 0.3 is 0 Å². The van der Waals surface area contributed by atoms with Gasteiger partial charge in [-0.05, 0) is 12.8 Å². The van der Waals surface area contributed by atoms with Crippen LogP contribution in [0.25, 0.3) is 0 Å². The van der Waals surface area contributed by atoms with Crippen LogP contribution in [0.15, 0.2) is 30.3 Å². The van der Waals surface area contributed by atoms with E-state index in [1.165, 1.54) is 0 Å². The normalized spacial score (nSPS) is 12.0. The highest BCUT2D eigenvalue weighted by molar-refractivity contribution is 9.10. The van der Waals surface area contributed by atoms with Crippen LogP contribution in [0.1, 0.15) is 56.3 Å². The van der Waals surface area contributed by atoms with E-state index in [0.29, 0.717) is 5.56 Å². The molecule has 0 unspecified atom stereocenters. The Hall–Kier alpha value is -1.16. The second kappa shape index (κ2) is 10.5. The lowest BCUT2D eigenvalue weighted by molar-refractivity contribution is -0.131. The van der Waals surface area contributed by atoms with Gasteiger partial charge in [-0.1, -0.05) is 73.0 Å². The molecule has 0 saturated carbocycles. The minimum Gasteiger partial charge on any atom is -0.343 e. The highest BCUT2D eigenvalue weighted by Gasteiger charge is 2.23. The third-order valence-corrected chi connectivity index (χ3v) is 4.35. The smallest absolute Gasteiger partial charge is 0.224 e. The molecule has 0 heterocycles. The van der Waals surface area contributed by atoms with Gasteiger partial charge in [-0.2, -0.15) is 0 Å². The van der Waals surface area contributed by atoms with Crippen LogP contribution in [0.3, 0.4) is 0 Å². The second-order valence-corrected chi connectivity index (χ2v) is 6.60. The lowest BCUT2D eigenvalue weighted by Gasteiger charge is -2.23. The van der Waals surface area contributed by atoms with Crippen LogP contribution >= 0.6 is 15.9 Å². The molecule has 0 aliphatic heterocycles. The maximum absolute atomic E-state index is 12.4. The molecule has 0 bridgehead atoms. The lowest BCUT2D eigenvalue weighted by atomic mass is 10.1. The summed E-state index contributed by atoms with van der Waals surface area (Å²) >= 11 is 3.39. The van der Waals surface area contributed by atoms with E-state index >= 15 is 0 Å². The molecule has 1 aromatic rings. The maximum Gasteiger partial charge on any atom is 0.224 e. The number of nitrogens with zero attached hydrogens (tertiary/aromatic N) is 1.